The summed E-state index contributed by atoms with van der Waals surface area (Å²) in [4.78, 5) is 9.22. The first-order valence-corrected chi connectivity index (χ1v) is 8.38. The molecule has 1 aliphatic rings. The number of aryl methyl sites for hydroxylation is 1. The highest BCUT2D eigenvalue weighted by Gasteiger charge is 2.26. The van der Waals surface area contributed by atoms with E-state index >= 15 is 0 Å². The van der Waals surface area contributed by atoms with E-state index in [0.717, 1.165) is 27.9 Å². The first kappa shape index (κ1) is 13.8. The molecule has 4 rings (SSSR count). The van der Waals surface area contributed by atoms with Crippen molar-refractivity contribution in [2.75, 3.05) is 7.11 Å². The minimum Gasteiger partial charge on any atom is -0.377 e. The zero-order valence-electron chi connectivity index (χ0n) is 12.7. The van der Waals surface area contributed by atoms with Gasteiger partial charge in [-0.05, 0) is 38.0 Å². The first-order valence-electron chi connectivity index (χ1n) is 7.57. The maximum atomic E-state index is 5.19. The van der Waals surface area contributed by atoms with Crippen LogP contribution >= 0.6 is 11.3 Å². The van der Waals surface area contributed by atoms with Crippen molar-refractivity contribution >= 4 is 21.6 Å². The third-order valence-electron chi connectivity index (χ3n) is 4.14. The molecule has 2 heterocycles. The molecule has 3 aromatic rings. The van der Waals surface area contributed by atoms with Crippen LogP contribution in [0.4, 0.5) is 0 Å². The highest BCUT2D eigenvalue weighted by atomic mass is 32.1. The number of fused-ring (bicyclic) bond motifs is 1. The number of rotatable bonds is 4. The number of benzene rings is 1. The van der Waals surface area contributed by atoms with Crippen LogP contribution in [0, 0.1) is 6.92 Å². The minimum atomic E-state index is 0.453. The summed E-state index contributed by atoms with van der Waals surface area (Å²) >= 11 is 1.71. The number of hydrogen-bond donors (Lipinski definition) is 0. The van der Waals surface area contributed by atoms with Gasteiger partial charge in [0.2, 0.25) is 0 Å². The van der Waals surface area contributed by atoms with Crippen LogP contribution in [0.2, 0.25) is 0 Å². The van der Waals surface area contributed by atoms with E-state index in [4.69, 9.17) is 9.72 Å². The molecule has 0 radical (unpaired) electrons. The van der Waals surface area contributed by atoms with Crippen molar-refractivity contribution in [3.05, 3.63) is 34.9 Å². The fraction of sp³-hybridized carbons (Fsp3) is 0.438. The Morgan fingerprint density at radius 2 is 2.18 bits per heavy atom. The summed E-state index contributed by atoms with van der Waals surface area (Å²) in [5, 5.41) is 5.74. The third kappa shape index (κ3) is 2.32. The van der Waals surface area contributed by atoms with E-state index in [0.29, 0.717) is 12.5 Å². The van der Waals surface area contributed by atoms with E-state index in [2.05, 4.69) is 28.3 Å². The van der Waals surface area contributed by atoms with E-state index in [1.54, 1.807) is 18.4 Å². The quantitative estimate of drug-likeness (QED) is 0.738. The summed E-state index contributed by atoms with van der Waals surface area (Å²) in [7, 11) is 1.68. The second-order valence-electron chi connectivity index (χ2n) is 5.74. The molecule has 6 heteroatoms. The lowest BCUT2D eigenvalue weighted by molar-refractivity contribution is 0.177. The van der Waals surface area contributed by atoms with Crippen LogP contribution in [0.3, 0.4) is 0 Å². The molecule has 114 valence electrons. The van der Waals surface area contributed by atoms with Gasteiger partial charge in [-0.15, -0.1) is 16.4 Å². The maximum Gasteiger partial charge on any atom is 0.176 e. The Balaban J connectivity index is 1.80. The van der Waals surface area contributed by atoms with Crippen LogP contribution in [0.15, 0.2) is 18.2 Å². The van der Waals surface area contributed by atoms with Gasteiger partial charge in [0.15, 0.2) is 5.82 Å². The molecule has 0 saturated heterocycles. The van der Waals surface area contributed by atoms with Crippen molar-refractivity contribution < 1.29 is 4.74 Å². The molecular weight excluding hydrogens is 296 g/mol. The van der Waals surface area contributed by atoms with Gasteiger partial charge in [-0.1, -0.05) is 6.42 Å². The molecule has 0 aliphatic heterocycles. The summed E-state index contributed by atoms with van der Waals surface area (Å²) in [5.41, 5.74) is 2.11. The van der Waals surface area contributed by atoms with Crippen LogP contribution in [0.1, 0.15) is 41.8 Å². The molecule has 0 spiro atoms. The minimum absolute atomic E-state index is 0.453. The lowest BCUT2D eigenvalue weighted by atomic mass is 9.85. The second kappa shape index (κ2) is 5.44. The molecule has 1 aliphatic carbocycles. The summed E-state index contributed by atoms with van der Waals surface area (Å²) in [6, 6.07) is 6.30. The van der Waals surface area contributed by atoms with Gasteiger partial charge < -0.3 is 4.74 Å². The average molecular weight is 314 g/mol. The van der Waals surface area contributed by atoms with Gasteiger partial charge in [0.25, 0.3) is 0 Å². The average Bonchev–Trinajstić information content (AvgIpc) is 2.99. The van der Waals surface area contributed by atoms with Crippen LogP contribution in [0.5, 0.6) is 0 Å². The molecular formula is C16H18N4OS. The number of ether oxygens (including phenoxy) is 1. The van der Waals surface area contributed by atoms with Gasteiger partial charge in [-0.25, -0.2) is 14.6 Å². The van der Waals surface area contributed by atoms with Crippen LogP contribution in [0.25, 0.3) is 15.9 Å². The van der Waals surface area contributed by atoms with E-state index in [-0.39, 0.29) is 0 Å². The summed E-state index contributed by atoms with van der Waals surface area (Å²) in [6.45, 7) is 2.49. The Kier molecular flexibility index (Phi) is 3.43. The molecule has 1 saturated carbocycles. The first-order chi connectivity index (χ1) is 10.7. The zero-order chi connectivity index (χ0) is 15.1. The molecule has 1 aromatic carbocycles. The Bertz CT molecular complexity index is 819. The molecule has 2 aromatic heterocycles. The van der Waals surface area contributed by atoms with Gasteiger partial charge in [0, 0.05) is 13.0 Å². The molecule has 0 atom stereocenters. The number of methoxy groups -OCH3 is 1. The third-order valence-corrected chi connectivity index (χ3v) is 5.08. The standard InChI is InChI=1S/C16H18N4OS/c1-10-17-13-7-6-12(8-14(13)22-10)20-16(11-4-3-5-11)18-15(19-20)9-21-2/h6-8,11H,3-5,9H2,1-2H3. The number of hydrogen-bond acceptors (Lipinski definition) is 5. The summed E-state index contributed by atoms with van der Waals surface area (Å²) in [6.07, 6.45) is 3.68. The van der Waals surface area contributed by atoms with Crippen LogP contribution in [-0.4, -0.2) is 26.9 Å². The Morgan fingerprint density at radius 3 is 2.91 bits per heavy atom. The fourth-order valence-electron chi connectivity index (χ4n) is 2.84. The van der Waals surface area contributed by atoms with E-state index in [1.807, 2.05) is 11.6 Å². The second-order valence-corrected chi connectivity index (χ2v) is 6.98. The molecule has 5 nitrogen and oxygen atoms in total. The van der Waals surface area contributed by atoms with Crippen molar-refractivity contribution in [3.63, 3.8) is 0 Å². The van der Waals surface area contributed by atoms with Crippen molar-refractivity contribution in [3.8, 4) is 5.69 Å². The van der Waals surface area contributed by atoms with Crippen molar-refractivity contribution in [1.82, 2.24) is 19.7 Å². The fourth-order valence-corrected chi connectivity index (χ4v) is 3.70. The Morgan fingerprint density at radius 1 is 1.32 bits per heavy atom. The SMILES string of the molecule is COCc1nc(C2CCC2)n(-c2ccc3nc(C)sc3c2)n1. The van der Waals surface area contributed by atoms with Crippen molar-refractivity contribution in [2.24, 2.45) is 0 Å². The molecule has 0 unspecified atom stereocenters. The highest BCUT2D eigenvalue weighted by molar-refractivity contribution is 7.18. The predicted molar refractivity (Wildman–Crippen MR) is 86.6 cm³/mol. The molecule has 22 heavy (non-hydrogen) atoms. The smallest absolute Gasteiger partial charge is 0.176 e. The number of aromatic nitrogens is 4. The van der Waals surface area contributed by atoms with Gasteiger partial charge in [0.1, 0.15) is 12.4 Å². The van der Waals surface area contributed by atoms with E-state index < -0.39 is 0 Å². The normalized spacial score (nSPS) is 15.4. The van der Waals surface area contributed by atoms with Gasteiger partial charge in [-0.2, -0.15) is 0 Å². The lowest BCUT2D eigenvalue weighted by Gasteiger charge is -2.24. The van der Waals surface area contributed by atoms with Crippen molar-refractivity contribution in [1.29, 1.82) is 0 Å². The lowest BCUT2D eigenvalue weighted by Crippen LogP contribution is -2.15. The molecule has 1 fully saturated rings. The Hall–Kier alpha value is -1.79. The molecule has 0 amide bonds. The van der Waals surface area contributed by atoms with Gasteiger partial charge in [-0.3, -0.25) is 0 Å². The summed E-state index contributed by atoms with van der Waals surface area (Å²) < 4.78 is 8.38. The van der Waals surface area contributed by atoms with Gasteiger partial charge in [0.05, 0.1) is 20.9 Å². The molecule has 0 bridgehead atoms. The number of thiazole rings is 1. The van der Waals surface area contributed by atoms with Crippen molar-refractivity contribution in [2.45, 2.75) is 38.7 Å². The van der Waals surface area contributed by atoms with Crippen LogP contribution < -0.4 is 0 Å². The van der Waals surface area contributed by atoms with Gasteiger partial charge >= 0.3 is 0 Å². The predicted octanol–water partition coefficient (Wildman–Crippen LogP) is 3.60. The summed E-state index contributed by atoms with van der Waals surface area (Å²) in [5.74, 6) is 2.35. The maximum absolute atomic E-state index is 5.19. The van der Waals surface area contributed by atoms with E-state index in [1.165, 1.54) is 24.0 Å². The highest BCUT2D eigenvalue weighted by Crippen LogP contribution is 2.36. The molecule has 0 N–H and O–H groups in total. The van der Waals surface area contributed by atoms with Crippen LogP contribution in [-0.2, 0) is 11.3 Å². The monoisotopic (exact) mass is 314 g/mol. The van der Waals surface area contributed by atoms with E-state index in [9.17, 15) is 0 Å². The largest absolute Gasteiger partial charge is 0.377 e. The topological polar surface area (TPSA) is 52.8 Å². The zero-order valence-corrected chi connectivity index (χ0v) is 13.6. The Labute approximate surface area is 133 Å². The number of nitrogens with zero attached hydrogens (tertiary/aromatic N) is 4.